The predicted octanol–water partition coefficient (Wildman–Crippen LogP) is 6.43. The quantitative estimate of drug-likeness (QED) is 0.201. The molecule has 9 heteroatoms. The first-order valence-corrected chi connectivity index (χ1v) is 12.3. The number of carbonyl (C=O) groups excluding carboxylic acids is 2. The number of ketones is 1. The average molecular weight is 542 g/mol. The van der Waals surface area contributed by atoms with Gasteiger partial charge in [-0.05, 0) is 42.3 Å². The maximum absolute atomic E-state index is 13.4. The van der Waals surface area contributed by atoms with Crippen molar-refractivity contribution in [3.05, 3.63) is 87.4 Å². The fourth-order valence-electron chi connectivity index (χ4n) is 4.26. The van der Waals surface area contributed by atoms with Crippen LogP contribution >= 0.6 is 23.2 Å². The number of carbonyl (C=O) groups is 2. The monoisotopic (exact) mass is 541 g/mol. The average Bonchev–Trinajstić information content (AvgIpc) is 3.18. The molecule has 0 aromatic heterocycles. The standard InChI is InChI=1S/C28H25Cl2NO6/c1-4-14-37-18-12-10-16(11-13-18)23-21(25(33)28(34)31(23)17-8-6-5-7-9-17)24(32)19-15-20(29)27(36-3)22(30)26(19)35-2/h5-13,15,23,32H,4,14H2,1-3H3/b24-21+. The van der Waals surface area contributed by atoms with Crippen molar-refractivity contribution >= 4 is 46.3 Å². The minimum Gasteiger partial charge on any atom is -0.507 e. The van der Waals surface area contributed by atoms with E-state index in [1.165, 1.54) is 25.2 Å². The molecule has 1 heterocycles. The Morgan fingerprint density at radius 2 is 1.62 bits per heavy atom. The van der Waals surface area contributed by atoms with Crippen LogP contribution in [-0.2, 0) is 9.59 Å². The molecule has 0 bridgehead atoms. The normalized spacial score (nSPS) is 16.7. The van der Waals surface area contributed by atoms with Crippen LogP contribution in [0, 0.1) is 0 Å². The molecule has 1 aliphatic rings. The molecule has 1 unspecified atom stereocenters. The van der Waals surface area contributed by atoms with Gasteiger partial charge in [-0.1, -0.05) is 60.5 Å². The number of rotatable bonds is 8. The van der Waals surface area contributed by atoms with Crippen molar-refractivity contribution in [1.82, 2.24) is 0 Å². The number of nitrogens with zero attached hydrogens (tertiary/aromatic N) is 1. The van der Waals surface area contributed by atoms with E-state index in [9.17, 15) is 14.7 Å². The number of methoxy groups -OCH3 is 2. The Morgan fingerprint density at radius 3 is 2.22 bits per heavy atom. The largest absolute Gasteiger partial charge is 0.507 e. The molecule has 37 heavy (non-hydrogen) atoms. The fourth-order valence-corrected chi connectivity index (χ4v) is 4.95. The van der Waals surface area contributed by atoms with E-state index in [1.54, 1.807) is 54.6 Å². The number of aliphatic hydroxyl groups excluding tert-OH is 1. The van der Waals surface area contributed by atoms with Gasteiger partial charge in [0.2, 0.25) is 0 Å². The smallest absolute Gasteiger partial charge is 0.300 e. The van der Waals surface area contributed by atoms with Gasteiger partial charge in [-0.3, -0.25) is 14.5 Å². The highest BCUT2D eigenvalue weighted by molar-refractivity contribution is 6.52. The third-order valence-corrected chi connectivity index (χ3v) is 6.57. The fraction of sp³-hybridized carbons (Fsp3) is 0.214. The van der Waals surface area contributed by atoms with Gasteiger partial charge in [0.05, 0.1) is 43.0 Å². The summed E-state index contributed by atoms with van der Waals surface area (Å²) in [4.78, 5) is 28.1. The molecule has 1 saturated heterocycles. The van der Waals surface area contributed by atoms with Gasteiger partial charge in [-0.25, -0.2) is 0 Å². The van der Waals surface area contributed by atoms with Gasteiger partial charge in [-0.2, -0.15) is 0 Å². The summed E-state index contributed by atoms with van der Waals surface area (Å²) in [7, 11) is 2.76. The number of benzene rings is 3. The maximum Gasteiger partial charge on any atom is 0.300 e. The second-order valence-corrected chi connectivity index (χ2v) is 8.99. The Labute approximate surface area is 224 Å². The minimum atomic E-state index is -0.938. The second-order valence-electron chi connectivity index (χ2n) is 8.21. The van der Waals surface area contributed by atoms with Gasteiger partial charge in [0.1, 0.15) is 16.5 Å². The molecule has 0 aliphatic carbocycles. The first-order valence-electron chi connectivity index (χ1n) is 11.5. The number of aliphatic hydroxyl groups is 1. The van der Waals surface area contributed by atoms with Crippen molar-refractivity contribution < 1.29 is 28.9 Å². The van der Waals surface area contributed by atoms with E-state index < -0.39 is 23.5 Å². The number of amides is 1. The molecule has 0 saturated carbocycles. The molecule has 1 aliphatic heterocycles. The third kappa shape index (κ3) is 4.84. The summed E-state index contributed by atoms with van der Waals surface area (Å²) in [5.74, 6) is -1.26. The van der Waals surface area contributed by atoms with Crippen molar-refractivity contribution in [2.45, 2.75) is 19.4 Å². The van der Waals surface area contributed by atoms with Crippen molar-refractivity contribution in [2.24, 2.45) is 0 Å². The zero-order chi connectivity index (χ0) is 26.7. The van der Waals surface area contributed by atoms with Crippen molar-refractivity contribution in [3.63, 3.8) is 0 Å². The molecule has 0 radical (unpaired) electrons. The van der Waals surface area contributed by atoms with E-state index in [2.05, 4.69) is 0 Å². The van der Waals surface area contributed by atoms with E-state index in [0.717, 1.165) is 6.42 Å². The molecule has 3 aromatic carbocycles. The van der Waals surface area contributed by atoms with Crippen LogP contribution in [0.1, 0.15) is 30.5 Å². The molecule has 1 N–H and O–H groups in total. The Bertz CT molecular complexity index is 1360. The van der Waals surface area contributed by atoms with Crippen LogP contribution < -0.4 is 19.1 Å². The van der Waals surface area contributed by atoms with Gasteiger partial charge >= 0.3 is 0 Å². The lowest BCUT2D eigenvalue weighted by Crippen LogP contribution is -2.29. The van der Waals surface area contributed by atoms with Crippen LogP contribution in [0.25, 0.3) is 5.76 Å². The molecule has 7 nitrogen and oxygen atoms in total. The van der Waals surface area contributed by atoms with Crippen molar-refractivity contribution in [3.8, 4) is 17.2 Å². The van der Waals surface area contributed by atoms with E-state index >= 15 is 0 Å². The number of para-hydroxylation sites is 1. The van der Waals surface area contributed by atoms with E-state index in [-0.39, 0.29) is 32.7 Å². The lowest BCUT2D eigenvalue weighted by molar-refractivity contribution is -0.132. The number of anilines is 1. The van der Waals surface area contributed by atoms with Crippen LogP contribution in [0.3, 0.4) is 0 Å². The molecular weight excluding hydrogens is 517 g/mol. The van der Waals surface area contributed by atoms with Crippen LogP contribution in [-0.4, -0.2) is 37.6 Å². The summed E-state index contributed by atoms with van der Waals surface area (Å²) >= 11 is 12.8. The molecule has 1 fully saturated rings. The van der Waals surface area contributed by atoms with Gasteiger partial charge in [0.25, 0.3) is 11.7 Å². The summed E-state index contributed by atoms with van der Waals surface area (Å²) < 4.78 is 16.4. The highest BCUT2D eigenvalue weighted by atomic mass is 35.5. The highest BCUT2D eigenvalue weighted by Gasteiger charge is 2.47. The molecule has 1 amide bonds. The Balaban J connectivity index is 1.95. The van der Waals surface area contributed by atoms with Gasteiger partial charge in [0, 0.05) is 5.69 Å². The SMILES string of the molecule is CCCOc1ccc(C2/C(=C(\O)c3cc(Cl)c(OC)c(Cl)c3OC)C(=O)C(=O)N2c2ccccc2)cc1. The summed E-state index contributed by atoms with van der Waals surface area (Å²) in [5.41, 5.74) is 1.01. The van der Waals surface area contributed by atoms with Gasteiger partial charge in [-0.15, -0.1) is 0 Å². The predicted molar refractivity (Wildman–Crippen MR) is 143 cm³/mol. The van der Waals surface area contributed by atoms with Gasteiger partial charge in [0.15, 0.2) is 11.5 Å². The van der Waals surface area contributed by atoms with Crippen LogP contribution in [0.4, 0.5) is 5.69 Å². The number of hydrogen-bond donors (Lipinski definition) is 1. The topological polar surface area (TPSA) is 85.3 Å². The molecule has 192 valence electrons. The lowest BCUT2D eigenvalue weighted by atomic mass is 9.94. The minimum absolute atomic E-state index is 0.0188. The molecule has 1 atom stereocenters. The number of halogens is 2. The molecule has 0 spiro atoms. The van der Waals surface area contributed by atoms with E-state index in [1.807, 2.05) is 6.92 Å². The maximum atomic E-state index is 13.4. The first-order chi connectivity index (χ1) is 17.8. The first kappa shape index (κ1) is 26.4. The molecular formula is C28H25Cl2NO6. The highest BCUT2D eigenvalue weighted by Crippen LogP contribution is 2.48. The van der Waals surface area contributed by atoms with Crippen LogP contribution in [0.5, 0.6) is 17.2 Å². The third-order valence-electron chi connectivity index (χ3n) is 5.94. The van der Waals surface area contributed by atoms with Crippen molar-refractivity contribution in [2.75, 3.05) is 25.7 Å². The van der Waals surface area contributed by atoms with E-state index in [4.69, 9.17) is 37.4 Å². The van der Waals surface area contributed by atoms with E-state index in [0.29, 0.717) is 23.6 Å². The molecule has 4 rings (SSSR count). The van der Waals surface area contributed by atoms with Crippen LogP contribution in [0.15, 0.2) is 66.2 Å². The zero-order valence-electron chi connectivity index (χ0n) is 20.5. The lowest BCUT2D eigenvalue weighted by Gasteiger charge is -2.26. The Hall–Kier alpha value is -3.68. The zero-order valence-corrected chi connectivity index (χ0v) is 22.0. The summed E-state index contributed by atoms with van der Waals surface area (Å²) in [6.45, 7) is 2.56. The summed E-state index contributed by atoms with van der Waals surface area (Å²) in [5, 5.41) is 11.6. The second kappa shape index (κ2) is 11.2. The Morgan fingerprint density at radius 1 is 0.973 bits per heavy atom. The summed E-state index contributed by atoms with van der Waals surface area (Å²) in [6, 6.07) is 16.3. The number of hydrogen-bond acceptors (Lipinski definition) is 6. The van der Waals surface area contributed by atoms with Crippen LogP contribution in [0.2, 0.25) is 10.0 Å². The van der Waals surface area contributed by atoms with Gasteiger partial charge < -0.3 is 19.3 Å². The molecule has 3 aromatic rings. The number of ether oxygens (including phenoxy) is 3. The summed E-state index contributed by atoms with van der Waals surface area (Å²) in [6.07, 6.45) is 0.852. The van der Waals surface area contributed by atoms with Crippen molar-refractivity contribution in [1.29, 1.82) is 0 Å². The Kier molecular flexibility index (Phi) is 7.95. The number of Topliss-reactive ketones (excluding diaryl/α,β-unsaturated/α-hetero) is 1.